The van der Waals surface area contributed by atoms with Gasteiger partial charge in [-0.15, -0.1) is 0 Å². The second-order valence-corrected chi connectivity index (χ2v) is 4.52. The topological polar surface area (TPSA) is 55.8 Å². The average Bonchev–Trinajstić information content (AvgIpc) is 2.61. The highest BCUT2D eigenvalue weighted by atomic mass is 16.6. The van der Waals surface area contributed by atoms with E-state index in [9.17, 15) is 9.59 Å². The summed E-state index contributed by atoms with van der Waals surface area (Å²) in [6.45, 7) is 1.76. The lowest BCUT2D eigenvalue weighted by Gasteiger charge is -2.41. The van der Waals surface area contributed by atoms with Gasteiger partial charge in [-0.3, -0.25) is 9.69 Å². The first kappa shape index (κ1) is 11.1. The van der Waals surface area contributed by atoms with Crippen molar-refractivity contribution in [3.63, 3.8) is 0 Å². The molecule has 1 aromatic carbocycles. The number of anilines is 1. The first-order valence-corrected chi connectivity index (χ1v) is 5.81. The first-order valence-electron chi connectivity index (χ1n) is 5.81. The molecule has 0 spiro atoms. The number of nitrogens with zero attached hydrogens (tertiary/aromatic N) is 1. The van der Waals surface area contributed by atoms with E-state index in [-0.39, 0.29) is 23.9 Å². The van der Waals surface area contributed by atoms with Gasteiger partial charge in [-0.25, -0.2) is 4.79 Å². The molecule has 2 fully saturated rings. The summed E-state index contributed by atoms with van der Waals surface area (Å²) in [6.07, 6.45) is -0.315. The minimum atomic E-state index is -0.458. The van der Waals surface area contributed by atoms with Crippen LogP contribution in [-0.4, -0.2) is 31.1 Å². The molecule has 2 aliphatic rings. The van der Waals surface area contributed by atoms with Crippen LogP contribution in [0.2, 0.25) is 0 Å². The van der Waals surface area contributed by atoms with Crippen LogP contribution in [0.3, 0.4) is 0 Å². The minimum absolute atomic E-state index is 0.0523. The normalized spacial score (nSPS) is 29.7. The number of hydrogen-bond acceptors (Lipinski definition) is 4. The maximum absolute atomic E-state index is 12.0. The molecule has 5 nitrogen and oxygen atoms in total. The summed E-state index contributed by atoms with van der Waals surface area (Å²) in [5.74, 6) is 0.0247. The third-order valence-corrected chi connectivity index (χ3v) is 3.54. The van der Waals surface area contributed by atoms with Crippen LogP contribution in [-0.2, 0) is 14.3 Å². The Bertz CT molecular complexity index is 510. The summed E-state index contributed by atoms with van der Waals surface area (Å²) in [6, 6.07) is 6.60. The highest BCUT2D eigenvalue weighted by Crippen LogP contribution is 2.40. The van der Waals surface area contributed by atoms with Gasteiger partial charge in [-0.05, 0) is 31.2 Å². The van der Waals surface area contributed by atoms with Crippen molar-refractivity contribution in [3.8, 4) is 5.75 Å². The third-order valence-electron chi connectivity index (χ3n) is 3.54. The number of esters is 1. The molecule has 3 atom stereocenters. The number of fused-ring (bicyclic) bond motifs is 1. The lowest BCUT2D eigenvalue weighted by Crippen LogP contribution is -2.63. The lowest BCUT2D eigenvalue weighted by atomic mass is 9.85. The number of methoxy groups -OCH3 is 1. The van der Waals surface area contributed by atoms with Crippen LogP contribution in [0.4, 0.5) is 5.69 Å². The molecule has 94 valence electrons. The molecule has 0 unspecified atom stereocenters. The van der Waals surface area contributed by atoms with Gasteiger partial charge in [-0.1, -0.05) is 0 Å². The Labute approximate surface area is 104 Å². The zero-order valence-corrected chi connectivity index (χ0v) is 10.1. The van der Waals surface area contributed by atoms with Crippen LogP contribution in [0.1, 0.15) is 6.92 Å². The molecular weight excluding hydrogens is 234 g/mol. The fourth-order valence-corrected chi connectivity index (χ4v) is 2.58. The van der Waals surface area contributed by atoms with E-state index in [2.05, 4.69) is 0 Å². The number of benzene rings is 1. The standard InChI is InChI=1S/C13H13NO4/c1-7-10-11(13(16)18-7)14(12(10)15)8-3-5-9(17-2)6-4-8/h3-7,10-11H,1-2H3/t7-,10+,11+/m1/s1. The summed E-state index contributed by atoms with van der Waals surface area (Å²) in [5.41, 5.74) is 0.702. The van der Waals surface area contributed by atoms with Crippen molar-refractivity contribution in [2.45, 2.75) is 19.1 Å². The Hall–Kier alpha value is -2.04. The van der Waals surface area contributed by atoms with E-state index in [0.717, 1.165) is 0 Å². The number of carbonyl (C=O) groups excluding carboxylic acids is 2. The van der Waals surface area contributed by atoms with Gasteiger partial charge >= 0.3 is 5.97 Å². The molecule has 2 heterocycles. The molecule has 0 bridgehead atoms. The predicted molar refractivity (Wildman–Crippen MR) is 63.3 cm³/mol. The SMILES string of the molecule is COc1ccc(N2C(=O)[C@@H]3[C@H]2C(=O)O[C@@H]3C)cc1. The Morgan fingerprint density at radius 3 is 2.50 bits per heavy atom. The number of β-lactam (4-membered cyclic amide) rings is 1. The summed E-state index contributed by atoms with van der Waals surface area (Å²) in [4.78, 5) is 25.2. The smallest absolute Gasteiger partial charge is 0.330 e. The maximum atomic E-state index is 12.0. The summed E-state index contributed by atoms with van der Waals surface area (Å²) in [7, 11) is 1.58. The molecule has 18 heavy (non-hydrogen) atoms. The molecule has 0 aromatic heterocycles. The maximum Gasteiger partial charge on any atom is 0.330 e. The van der Waals surface area contributed by atoms with Crippen LogP contribution >= 0.6 is 0 Å². The van der Waals surface area contributed by atoms with Crippen molar-refractivity contribution < 1.29 is 19.1 Å². The van der Waals surface area contributed by atoms with Gasteiger partial charge in [-0.2, -0.15) is 0 Å². The van der Waals surface area contributed by atoms with Gasteiger partial charge in [0.05, 0.1) is 7.11 Å². The van der Waals surface area contributed by atoms with Crippen LogP contribution in [0.5, 0.6) is 5.75 Å². The third kappa shape index (κ3) is 1.33. The number of carbonyl (C=O) groups is 2. The van der Waals surface area contributed by atoms with Crippen molar-refractivity contribution in [3.05, 3.63) is 24.3 Å². The number of hydrogen-bond donors (Lipinski definition) is 0. The monoisotopic (exact) mass is 247 g/mol. The number of amides is 1. The summed E-state index contributed by atoms with van der Waals surface area (Å²) in [5, 5.41) is 0. The van der Waals surface area contributed by atoms with Gasteiger partial charge < -0.3 is 9.47 Å². The second-order valence-electron chi connectivity index (χ2n) is 4.52. The Kier molecular flexibility index (Phi) is 2.29. The van der Waals surface area contributed by atoms with Crippen LogP contribution in [0.25, 0.3) is 0 Å². The largest absolute Gasteiger partial charge is 0.497 e. The molecule has 1 aromatic rings. The quantitative estimate of drug-likeness (QED) is 0.577. The molecular formula is C13H13NO4. The Morgan fingerprint density at radius 2 is 1.89 bits per heavy atom. The van der Waals surface area contributed by atoms with Gasteiger partial charge in [0, 0.05) is 5.69 Å². The van der Waals surface area contributed by atoms with Gasteiger partial charge in [0.15, 0.2) is 0 Å². The molecule has 0 saturated carbocycles. The van der Waals surface area contributed by atoms with Crippen LogP contribution < -0.4 is 9.64 Å². The van der Waals surface area contributed by atoms with E-state index in [4.69, 9.17) is 9.47 Å². The average molecular weight is 247 g/mol. The Balaban J connectivity index is 1.89. The highest BCUT2D eigenvalue weighted by Gasteiger charge is 2.61. The van der Waals surface area contributed by atoms with E-state index in [0.29, 0.717) is 11.4 Å². The molecule has 1 amide bonds. The molecule has 0 radical (unpaired) electrons. The minimum Gasteiger partial charge on any atom is -0.497 e. The molecule has 0 aliphatic carbocycles. The van der Waals surface area contributed by atoms with E-state index >= 15 is 0 Å². The zero-order valence-electron chi connectivity index (χ0n) is 10.1. The van der Waals surface area contributed by atoms with E-state index < -0.39 is 6.04 Å². The van der Waals surface area contributed by atoms with E-state index in [1.165, 1.54) is 4.90 Å². The van der Waals surface area contributed by atoms with Gasteiger partial charge in [0.2, 0.25) is 5.91 Å². The Morgan fingerprint density at radius 1 is 1.22 bits per heavy atom. The number of cyclic esters (lactones) is 1. The van der Waals surface area contributed by atoms with Gasteiger partial charge in [0.25, 0.3) is 0 Å². The summed E-state index contributed by atoms with van der Waals surface area (Å²) >= 11 is 0. The molecule has 2 saturated heterocycles. The molecule has 5 heteroatoms. The molecule has 2 aliphatic heterocycles. The van der Waals surface area contributed by atoms with E-state index in [1.54, 1.807) is 38.3 Å². The van der Waals surface area contributed by atoms with Crippen molar-refractivity contribution in [2.24, 2.45) is 5.92 Å². The fourth-order valence-electron chi connectivity index (χ4n) is 2.58. The highest BCUT2D eigenvalue weighted by molar-refractivity contribution is 6.12. The fraction of sp³-hybridized carbons (Fsp3) is 0.385. The van der Waals surface area contributed by atoms with Crippen molar-refractivity contribution in [1.29, 1.82) is 0 Å². The van der Waals surface area contributed by atoms with Crippen LogP contribution in [0.15, 0.2) is 24.3 Å². The van der Waals surface area contributed by atoms with Crippen molar-refractivity contribution in [2.75, 3.05) is 12.0 Å². The predicted octanol–water partition coefficient (Wildman–Crippen LogP) is 0.972. The summed E-state index contributed by atoms with van der Waals surface area (Å²) < 4.78 is 10.1. The van der Waals surface area contributed by atoms with Crippen molar-refractivity contribution in [1.82, 2.24) is 0 Å². The first-order chi connectivity index (χ1) is 8.63. The second kappa shape index (κ2) is 3.73. The van der Waals surface area contributed by atoms with Crippen LogP contribution in [0, 0.1) is 5.92 Å². The zero-order chi connectivity index (χ0) is 12.9. The lowest BCUT2D eigenvalue weighted by molar-refractivity contribution is -0.142. The molecule has 0 N–H and O–H groups in total. The number of ether oxygens (including phenoxy) is 2. The molecule has 3 rings (SSSR count). The van der Waals surface area contributed by atoms with Crippen molar-refractivity contribution >= 4 is 17.6 Å². The van der Waals surface area contributed by atoms with E-state index in [1.807, 2.05) is 0 Å². The van der Waals surface area contributed by atoms with Gasteiger partial charge in [0.1, 0.15) is 23.8 Å². The number of rotatable bonds is 2.